The van der Waals surface area contributed by atoms with Crippen LogP contribution in [0.1, 0.15) is 12.5 Å². The number of H-pyrrole nitrogens is 1. The lowest BCUT2D eigenvalue weighted by atomic mass is 10.1. The first-order valence-corrected chi connectivity index (χ1v) is 8.32. The number of para-hydroxylation sites is 1. The smallest absolute Gasteiger partial charge is 0.264 e. The van der Waals surface area contributed by atoms with E-state index in [9.17, 15) is 9.59 Å². The van der Waals surface area contributed by atoms with Crippen LogP contribution in [-0.4, -0.2) is 22.7 Å². The SMILES string of the molecule is CCc1ccccc1OCC(=O)Nc1cccc(-c2ccc(=O)[nH]n2)c1. The lowest BCUT2D eigenvalue weighted by Crippen LogP contribution is -2.20. The van der Waals surface area contributed by atoms with E-state index in [0.29, 0.717) is 11.4 Å². The van der Waals surface area contributed by atoms with Crippen molar-refractivity contribution in [1.82, 2.24) is 10.2 Å². The van der Waals surface area contributed by atoms with E-state index in [1.54, 1.807) is 18.2 Å². The molecule has 0 radical (unpaired) electrons. The quantitative estimate of drug-likeness (QED) is 0.716. The van der Waals surface area contributed by atoms with Crippen molar-refractivity contribution in [2.24, 2.45) is 0 Å². The number of carbonyl (C=O) groups excluding carboxylic acids is 1. The van der Waals surface area contributed by atoms with Gasteiger partial charge in [0.25, 0.3) is 11.5 Å². The van der Waals surface area contributed by atoms with Gasteiger partial charge in [-0.1, -0.05) is 37.3 Å². The molecule has 2 N–H and O–H groups in total. The average molecular weight is 349 g/mol. The number of anilines is 1. The van der Waals surface area contributed by atoms with E-state index in [2.05, 4.69) is 15.5 Å². The molecule has 132 valence electrons. The lowest BCUT2D eigenvalue weighted by molar-refractivity contribution is -0.118. The second kappa shape index (κ2) is 8.11. The predicted molar refractivity (Wildman–Crippen MR) is 100 cm³/mol. The zero-order valence-corrected chi connectivity index (χ0v) is 14.4. The lowest BCUT2D eigenvalue weighted by Gasteiger charge is -2.11. The summed E-state index contributed by atoms with van der Waals surface area (Å²) in [7, 11) is 0. The van der Waals surface area contributed by atoms with Crippen LogP contribution < -0.4 is 15.6 Å². The van der Waals surface area contributed by atoms with Crippen LogP contribution in [0.5, 0.6) is 5.75 Å². The molecule has 0 atom stereocenters. The van der Waals surface area contributed by atoms with E-state index in [4.69, 9.17) is 4.74 Å². The van der Waals surface area contributed by atoms with Crippen molar-refractivity contribution in [2.45, 2.75) is 13.3 Å². The van der Waals surface area contributed by atoms with Gasteiger partial charge in [0.15, 0.2) is 6.61 Å². The Morgan fingerprint density at radius 3 is 2.73 bits per heavy atom. The first kappa shape index (κ1) is 17.4. The Labute approximate surface area is 150 Å². The topological polar surface area (TPSA) is 84.1 Å². The summed E-state index contributed by atoms with van der Waals surface area (Å²) in [4.78, 5) is 23.3. The molecule has 3 aromatic rings. The third-order valence-electron chi connectivity index (χ3n) is 3.83. The minimum absolute atomic E-state index is 0.0713. The molecule has 1 aromatic heterocycles. The van der Waals surface area contributed by atoms with Crippen LogP contribution in [0.3, 0.4) is 0 Å². The molecule has 0 aliphatic rings. The zero-order valence-electron chi connectivity index (χ0n) is 14.4. The molecule has 1 heterocycles. The number of aromatic nitrogens is 2. The summed E-state index contributed by atoms with van der Waals surface area (Å²) >= 11 is 0. The summed E-state index contributed by atoms with van der Waals surface area (Å²) in [6.45, 7) is 1.97. The van der Waals surface area contributed by atoms with E-state index in [0.717, 1.165) is 23.3 Å². The fourth-order valence-electron chi connectivity index (χ4n) is 2.54. The van der Waals surface area contributed by atoms with Crippen molar-refractivity contribution in [2.75, 3.05) is 11.9 Å². The number of amides is 1. The van der Waals surface area contributed by atoms with Crippen LogP contribution in [0, 0.1) is 0 Å². The van der Waals surface area contributed by atoms with Crippen molar-refractivity contribution in [3.8, 4) is 17.0 Å². The number of hydrogen-bond donors (Lipinski definition) is 2. The van der Waals surface area contributed by atoms with Crippen LogP contribution in [-0.2, 0) is 11.2 Å². The molecule has 3 rings (SSSR count). The van der Waals surface area contributed by atoms with E-state index < -0.39 is 0 Å². The number of ether oxygens (including phenoxy) is 1. The third-order valence-corrected chi connectivity index (χ3v) is 3.83. The van der Waals surface area contributed by atoms with Gasteiger partial charge in [-0.25, -0.2) is 5.10 Å². The number of hydrogen-bond acceptors (Lipinski definition) is 4. The van der Waals surface area contributed by atoms with Gasteiger partial charge in [0.05, 0.1) is 5.69 Å². The Balaban J connectivity index is 1.65. The van der Waals surface area contributed by atoms with E-state index >= 15 is 0 Å². The molecule has 0 aliphatic heterocycles. The van der Waals surface area contributed by atoms with Crippen molar-refractivity contribution < 1.29 is 9.53 Å². The van der Waals surface area contributed by atoms with Crippen LogP contribution >= 0.6 is 0 Å². The van der Waals surface area contributed by atoms with Gasteiger partial charge in [0.1, 0.15) is 5.75 Å². The monoisotopic (exact) mass is 349 g/mol. The fraction of sp³-hybridized carbons (Fsp3) is 0.150. The van der Waals surface area contributed by atoms with Crippen LogP contribution in [0.25, 0.3) is 11.3 Å². The van der Waals surface area contributed by atoms with Gasteiger partial charge in [0.2, 0.25) is 0 Å². The Kier molecular flexibility index (Phi) is 5.43. The molecule has 0 spiro atoms. The fourth-order valence-corrected chi connectivity index (χ4v) is 2.54. The molecule has 0 saturated heterocycles. The molecule has 0 unspecified atom stereocenters. The maximum absolute atomic E-state index is 12.2. The number of aryl methyl sites for hydroxylation is 1. The summed E-state index contributed by atoms with van der Waals surface area (Å²) in [6.07, 6.45) is 0.839. The second-order valence-corrected chi connectivity index (χ2v) is 5.69. The normalized spacial score (nSPS) is 10.3. The zero-order chi connectivity index (χ0) is 18.4. The Hall–Kier alpha value is -3.41. The molecule has 6 nitrogen and oxygen atoms in total. The summed E-state index contributed by atoms with van der Waals surface area (Å²) in [5, 5.41) is 9.19. The summed E-state index contributed by atoms with van der Waals surface area (Å²) in [5.74, 6) is 0.471. The van der Waals surface area contributed by atoms with Gasteiger partial charge in [-0.2, -0.15) is 5.10 Å². The first-order valence-electron chi connectivity index (χ1n) is 8.32. The summed E-state index contributed by atoms with van der Waals surface area (Å²) in [5.41, 5.74) is 2.84. The minimum atomic E-state index is -0.261. The molecule has 1 amide bonds. The molecular formula is C20H19N3O3. The van der Waals surface area contributed by atoms with Crippen molar-refractivity contribution in [3.05, 3.63) is 76.6 Å². The number of nitrogens with one attached hydrogen (secondary N) is 2. The first-order chi connectivity index (χ1) is 12.7. The maximum Gasteiger partial charge on any atom is 0.264 e. The molecule has 0 bridgehead atoms. The van der Waals surface area contributed by atoms with Crippen molar-refractivity contribution in [1.29, 1.82) is 0 Å². The Morgan fingerprint density at radius 1 is 1.12 bits per heavy atom. The van der Waals surface area contributed by atoms with Gasteiger partial charge in [0, 0.05) is 17.3 Å². The highest BCUT2D eigenvalue weighted by molar-refractivity contribution is 5.92. The summed E-state index contributed by atoms with van der Waals surface area (Å²) < 4.78 is 5.63. The molecule has 0 saturated carbocycles. The Morgan fingerprint density at radius 2 is 1.96 bits per heavy atom. The summed E-state index contributed by atoms with van der Waals surface area (Å²) in [6, 6.07) is 17.9. The number of rotatable bonds is 6. The standard InChI is InChI=1S/C20H19N3O3/c1-2-14-6-3-4-9-18(14)26-13-20(25)21-16-8-5-7-15(12-16)17-10-11-19(24)23-22-17/h3-12H,2,13H2,1H3,(H,21,25)(H,23,24). The molecular weight excluding hydrogens is 330 g/mol. The molecule has 6 heteroatoms. The van der Waals surface area contributed by atoms with Crippen molar-refractivity contribution >= 4 is 11.6 Å². The third kappa shape index (κ3) is 4.36. The van der Waals surface area contributed by atoms with Gasteiger partial charge in [-0.15, -0.1) is 0 Å². The highest BCUT2D eigenvalue weighted by Gasteiger charge is 2.07. The van der Waals surface area contributed by atoms with Crippen molar-refractivity contribution in [3.63, 3.8) is 0 Å². The Bertz CT molecular complexity index is 946. The predicted octanol–water partition coefficient (Wildman–Crippen LogP) is 3.02. The minimum Gasteiger partial charge on any atom is -0.483 e. The number of nitrogens with zero attached hydrogens (tertiary/aromatic N) is 1. The highest BCUT2D eigenvalue weighted by atomic mass is 16.5. The van der Waals surface area contributed by atoms with E-state index in [1.807, 2.05) is 43.3 Å². The number of aromatic amines is 1. The molecule has 0 fully saturated rings. The van der Waals surface area contributed by atoms with Crippen LogP contribution in [0.4, 0.5) is 5.69 Å². The molecule has 2 aromatic carbocycles. The highest BCUT2D eigenvalue weighted by Crippen LogP contribution is 2.20. The van der Waals surface area contributed by atoms with E-state index in [1.165, 1.54) is 6.07 Å². The largest absolute Gasteiger partial charge is 0.483 e. The maximum atomic E-state index is 12.2. The van der Waals surface area contributed by atoms with E-state index in [-0.39, 0.29) is 18.1 Å². The molecule has 26 heavy (non-hydrogen) atoms. The average Bonchev–Trinajstić information content (AvgIpc) is 2.67. The van der Waals surface area contributed by atoms with Gasteiger partial charge >= 0.3 is 0 Å². The second-order valence-electron chi connectivity index (χ2n) is 5.69. The van der Waals surface area contributed by atoms with Gasteiger partial charge < -0.3 is 10.1 Å². The van der Waals surface area contributed by atoms with Crippen LogP contribution in [0.15, 0.2) is 65.5 Å². The number of carbonyl (C=O) groups is 1. The molecule has 0 aliphatic carbocycles. The number of benzene rings is 2. The van der Waals surface area contributed by atoms with Crippen LogP contribution in [0.2, 0.25) is 0 Å². The van der Waals surface area contributed by atoms with Gasteiger partial charge in [-0.3, -0.25) is 9.59 Å². The van der Waals surface area contributed by atoms with Gasteiger partial charge in [-0.05, 0) is 36.2 Å².